The largest absolute Gasteiger partial charge is 0.354 e. The molecular weight excluding hydrogens is 540 g/mol. The van der Waals surface area contributed by atoms with Gasteiger partial charge in [0.1, 0.15) is 0 Å². The third-order valence-corrected chi connectivity index (χ3v) is 6.89. The van der Waals surface area contributed by atoms with Gasteiger partial charge in [-0.1, -0.05) is 38.5 Å². The van der Waals surface area contributed by atoms with E-state index in [0.717, 1.165) is 23.8 Å². The van der Waals surface area contributed by atoms with Crippen LogP contribution in [0.5, 0.6) is 0 Å². The first-order chi connectivity index (χ1) is 15.3. The number of halogens is 2. The molecule has 0 bridgehead atoms. The molecule has 2 aromatic rings. The molecule has 0 saturated heterocycles. The molecule has 2 fully saturated rings. The Morgan fingerprint density at radius 1 is 0.545 bits per heavy atom. The predicted octanol–water partition coefficient (Wildman–Crippen LogP) is 6.78. The molecule has 33 heavy (non-hydrogen) atoms. The molecule has 4 nitrogen and oxygen atoms in total. The highest BCUT2D eigenvalue weighted by Gasteiger charge is 2.11. The highest BCUT2D eigenvalue weighted by molar-refractivity contribution is 8.93. The predicted molar refractivity (Wildman–Crippen MR) is 148 cm³/mol. The van der Waals surface area contributed by atoms with Crippen molar-refractivity contribution in [2.75, 3.05) is 0 Å². The number of pyridine rings is 2. The number of hydrogen-bond donors (Lipinski definition) is 0. The second-order valence-corrected chi connectivity index (χ2v) is 9.49. The number of aromatic nitrogens is 2. The van der Waals surface area contributed by atoms with Crippen molar-refractivity contribution in [3.8, 4) is 0 Å². The van der Waals surface area contributed by atoms with Crippen molar-refractivity contribution < 1.29 is 0 Å². The van der Waals surface area contributed by atoms with Gasteiger partial charge in [-0.3, -0.25) is 9.98 Å². The molecule has 2 aliphatic carbocycles. The van der Waals surface area contributed by atoms with Crippen LogP contribution in [0.15, 0.2) is 59.0 Å². The Hall–Kier alpha value is -1.14. The Balaban J connectivity index is 0.00000193. The zero-order valence-corrected chi connectivity index (χ0v) is 23.4. The van der Waals surface area contributed by atoms with E-state index in [9.17, 15) is 0 Å². The van der Waals surface area contributed by atoms with E-state index >= 15 is 0 Å². The van der Waals surface area contributed by atoms with Gasteiger partial charge >= 0.3 is 0 Å². The molecule has 2 saturated carbocycles. The van der Waals surface area contributed by atoms with E-state index in [1.165, 1.54) is 83.5 Å². The molecule has 0 N–H and O–H groups in total. The van der Waals surface area contributed by atoms with Gasteiger partial charge in [0, 0.05) is 37.9 Å². The van der Waals surface area contributed by atoms with Crippen molar-refractivity contribution in [3.05, 3.63) is 59.8 Å². The van der Waals surface area contributed by atoms with Crippen molar-refractivity contribution in [2.45, 2.75) is 109 Å². The van der Waals surface area contributed by atoms with Gasteiger partial charge in [-0.05, 0) is 69.2 Å². The summed E-state index contributed by atoms with van der Waals surface area (Å²) < 4.78 is 4.60. The Bertz CT molecular complexity index is 806. The van der Waals surface area contributed by atoms with Crippen LogP contribution in [0.3, 0.4) is 0 Å². The van der Waals surface area contributed by atoms with E-state index in [1.807, 2.05) is 0 Å². The summed E-state index contributed by atoms with van der Waals surface area (Å²) in [4.78, 5) is 9.84. The van der Waals surface area contributed by atoms with Gasteiger partial charge in [-0.2, -0.15) is 0 Å². The maximum Gasteiger partial charge on any atom is 0.0606 e. The van der Waals surface area contributed by atoms with Crippen LogP contribution >= 0.6 is 34.0 Å². The lowest BCUT2D eigenvalue weighted by atomic mass is 9.96. The highest BCUT2D eigenvalue weighted by Crippen LogP contribution is 2.20. The number of unbranched alkanes of at least 4 members (excludes halogenated alkanes) is 2. The van der Waals surface area contributed by atoms with Crippen LogP contribution in [0, 0.1) is 0 Å². The SMILES string of the molecule is Br.Br.c1cn(CCCCCn2ccc(=NC3CCCCC3)cc2)ccc1=NC1CCCCC1. The average molecular weight is 582 g/mol. The van der Waals surface area contributed by atoms with Gasteiger partial charge in [0.2, 0.25) is 0 Å². The van der Waals surface area contributed by atoms with Gasteiger partial charge in [-0.15, -0.1) is 34.0 Å². The minimum atomic E-state index is 0. The first kappa shape index (κ1) is 28.1. The first-order valence-corrected chi connectivity index (χ1v) is 12.7. The highest BCUT2D eigenvalue weighted by atomic mass is 79.9. The van der Waals surface area contributed by atoms with Crippen LogP contribution in [-0.4, -0.2) is 21.2 Å². The first-order valence-electron chi connectivity index (χ1n) is 12.7. The van der Waals surface area contributed by atoms with Crippen molar-refractivity contribution in [1.29, 1.82) is 0 Å². The Kier molecular flexibility index (Phi) is 13.4. The van der Waals surface area contributed by atoms with Crippen molar-refractivity contribution in [2.24, 2.45) is 9.98 Å². The third kappa shape index (κ3) is 9.94. The zero-order valence-electron chi connectivity index (χ0n) is 20.0. The molecule has 2 heterocycles. The van der Waals surface area contributed by atoms with Gasteiger partial charge in [-0.25, -0.2) is 0 Å². The molecule has 0 amide bonds. The minimum Gasteiger partial charge on any atom is -0.354 e. The molecule has 0 aromatic carbocycles. The Morgan fingerprint density at radius 2 is 0.909 bits per heavy atom. The maximum atomic E-state index is 4.92. The summed E-state index contributed by atoms with van der Waals surface area (Å²) in [6.07, 6.45) is 25.7. The summed E-state index contributed by atoms with van der Waals surface area (Å²) >= 11 is 0. The topological polar surface area (TPSA) is 34.6 Å². The van der Waals surface area contributed by atoms with E-state index < -0.39 is 0 Å². The molecule has 4 rings (SSSR count). The molecular formula is C27H42Br2N4. The van der Waals surface area contributed by atoms with E-state index in [2.05, 4.69) is 58.2 Å². The molecule has 2 aliphatic rings. The van der Waals surface area contributed by atoms with Crippen molar-refractivity contribution in [3.63, 3.8) is 0 Å². The van der Waals surface area contributed by atoms with Gasteiger partial charge in [0.25, 0.3) is 0 Å². The maximum absolute atomic E-state index is 4.92. The molecule has 0 spiro atoms. The summed E-state index contributed by atoms with van der Waals surface area (Å²) in [5.41, 5.74) is 0. The summed E-state index contributed by atoms with van der Waals surface area (Å²) in [6, 6.07) is 9.85. The minimum absolute atomic E-state index is 0. The average Bonchev–Trinajstić information content (AvgIpc) is 2.82. The number of hydrogen-bond acceptors (Lipinski definition) is 2. The number of nitrogens with zero attached hydrogens (tertiary/aromatic N) is 4. The second-order valence-electron chi connectivity index (χ2n) is 9.49. The van der Waals surface area contributed by atoms with Crippen molar-refractivity contribution in [1.82, 2.24) is 9.13 Å². The van der Waals surface area contributed by atoms with Gasteiger partial charge in [0.05, 0.1) is 22.8 Å². The molecule has 0 radical (unpaired) electrons. The molecule has 0 unspecified atom stereocenters. The fourth-order valence-electron chi connectivity index (χ4n) is 4.98. The summed E-state index contributed by atoms with van der Waals surface area (Å²) in [5.74, 6) is 0. The fraction of sp³-hybridized carbons (Fsp3) is 0.630. The van der Waals surface area contributed by atoms with E-state index in [1.54, 1.807) is 0 Å². The second kappa shape index (κ2) is 15.7. The number of aryl methyl sites for hydroxylation is 2. The van der Waals surface area contributed by atoms with Crippen molar-refractivity contribution >= 4 is 34.0 Å². The molecule has 0 aliphatic heterocycles. The summed E-state index contributed by atoms with van der Waals surface area (Å²) in [6.45, 7) is 2.18. The molecule has 184 valence electrons. The van der Waals surface area contributed by atoms with E-state index in [-0.39, 0.29) is 34.0 Å². The smallest absolute Gasteiger partial charge is 0.0606 e. The van der Waals surface area contributed by atoms with Crippen LogP contribution in [0.1, 0.15) is 83.5 Å². The van der Waals surface area contributed by atoms with Crippen LogP contribution in [-0.2, 0) is 13.1 Å². The van der Waals surface area contributed by atoms with E-state index in [0.29, 0.717) is 12.1 Å². The Morgan fingerprint density at radius 3 is 1.27 bits per heavy atom. The van der Waals surface area contributed by atoms with Gasteiger partial charge < -0.3 is 9.13 Å². The normalized spacial score (nSPS) is 17.0. The molecule has 0 atom stereocenters. The lowest BCUT2D eigenvalue weighted by molar-refractivity contribution is 0.437. The fourth-order valence-corrected chi connectivity index (χ4v) is 4.98. The van der Waals surface area contributed by atoms with Crippen LogP contribution in [0.2, 0.25) is 0 Å². The summed E-state index contributed by atoms with van der Waals surface area (Å²) in [7, 11) is 0. The van der Waals surface area contributed by atoms with Crippen LogP contribution < -0.4 is 10.7 Å². The molecule has 2 aromatic heterocycles. The lowest BCUT2D eigenvalue weighted by Gasteiger charge is -2.17. The Labute approximate surface area is 220 Å². The van der Waals surface area contributed by atoms with Crippen LogP contribution in [0.25, 0.3) is 0 Å². The standard InChI is InChI=1S/C27H40N4.2BrH/c1-4-10-24(11-5-1)28-26-14-20-30(21-15-26)18-8-3-9-19-31-22-16-27(17-23-31)29-25-12-6-2-7-13-25;;/h14-17,20-25H,1-13,18-19H2;2*1H. The van der Waals surface area contributed by atoms with Gasteiger partial charge in [0.15, 0.2) is 0 Å². The quantitative estimate of drug-likeness (QED) is 0.308. The zero-order chi connectivity index (χ0) is 21.1. The monoisotopic (exact) mass is 580 g/mol. The third-order valence-electron chi connectivity index (χ3n) is 6.89. The molecule has 6 heteroatoms. The summed E-state index contributed by atoms with van der Waals surface area (Å²) in [5, 5.41) is 2.30. The van der Waals surface area contributed by atoms with E-state index in [4.69, 9.17) is 9.98 Å². The van der Waals surface area contributed by atoms with Crippen LogP contribution in [0.4, 0.5) is 0 Å². The lowest BCUT2D eigenvalue weighted by Crippen LogP contribution is -2.15. The number of rotatable bonds is 8.